The molecular formula is C23H28N6S. The molecule has 3 aromatic rings. The molecule has 1 unspecified atom stereocenters. The fraction of sp³-hybridized carbons (Fsp3) is 0.478. The molecule has 0 bridgehead atoms. The first-order valence-electron chi connectivity index (χ1n) is 10.8. The monoisotopic (exact) mass is 420 g/mol. The lowest BCUT2D eigenvalue weighted by Gasteiger charge is -2.40. The van der Waals surface area contributed by atoms with E-state index in [1.807, 2.05) is 24.5 Å². The predicted molar refractivity (Wildman–Crippen MR) is 121 cm³/mol. The maximum Gasteiger partial charge on any atom is 0.163 e. The third kappa shape index (κ3) is 3.72. The third-order valence-corrected chi connectivity index (χ3v) is 6.89. The highest BCUT2D eigenvalue weighted by Gasteiger charge is 2.45. The van der Waals surface area contributed by atoms with Crippen molar-refractivity contribution < 1.29 is 0 Å². The number of rotatable bonds is 5. The summed E-state index contributed by atoms with van der Waals surface area (Å²) < 4.78 is 4.28. The van der Waals surface area contributed by atoms with Crippen LogP contribution in [0.25, 0.3) is 11.4 Å². The summed E-state index contributed by atoms with van der Waals surface area (Å²) in [6, 6.07) is 4.33. The second-order valence-corrected chi connectivity index (χ2v) is 9.55. The zero-order chi connectivity index (χ0) is 20.6. The quantitative estimate of drug-likeness (QED) is 0.664. The summed E-state index contributed by atoms with van der Waals surface area (Å²) in [7, 11) is 0. The molecule has 1 fully saturated rings. The Morgan fingerprint density at radius 1 is 1.23 bits per heavy atom. The van der Waals surface area contributed by atoms with Crippen LogP contribution in [0.15, 0.2) is 36.1 Å². The number of nitrogens with zero attached hydrogens (tertiary/aromatic N) is 5. The first-order valence-corrected chi connectivity index (χ1v) is 11.7. The number of fused-ring (bicyclic) bond motifs is 2. The highest BCUT2D eigenvalue weighted by molar-refractivity contribution is 7.03. The Bertz CT molecular complexity index is 1000. The van der Waals surface area contributed by atoms with Crippen molar-refractivity contribution in [3.63, 3.8) is 0 Å². The van der Waals surface area contributed by atoms with Crippen molar-refractivity contribution >= 4 is 17.4 Å². The van der Waals surface area contributed by atoms with Gasteiger partial charge in [-0.1, -0.05) is 0 Å². The molecule has 1 saturated heterocycles. The van der Waals surface area contributed by atoms with Gasteiger partial charge in [-0.2, -0.15) is 0 Å². The largest absolute Gasteiger partial charge is 0.368 e. The van der Waals surface area contributed by atoms with E-state index >= 15 is 0 Å². The van der Waals surface area contributed by atoms with E-state index in [2.05, 4.69) is 38.8 Å². The van der Waals surface area contributed by atoms with Gasteiger partial charge in [-0.25, -0.2) is 14.3 Å². The number of pyridine rings is 1. The summed E-state index contributed by atoms with van der Waals surface area (Å²) in [6.45, 7) is 7.51. The van der Waals surface area contributed by atoms with E-state index in [1.165, 1.54) is 41.2 Å². The average Bonchev–Trinajstić information content (AvgIpc) is 3.37. The highest BCUT2D eigenvalue weighted by atomic mass is 32.1. The average molecular weight is 421 g/mol. The number of hydrogen-bond donors (Lipinski definition) is 1. The van der Waals surface area contributed by atoms with Gasteiger partial charge < -0.3 is 5.32 Å². The summed E-state index contributed by atoms with van der Waals surface area (Å²) >= 11 is 1.54. The topological polar surface area (TPSA) is 66.8 Å². The molecule has 1 atom stereocenters. The predicted octanol–water partition coefficient (Wildman–Crippen LogP) is 4.30. The standard InChI is InChI=1S/C23H28N6S/c1-16(2)26-22-19-6-8-23(7-4-10-29(15-23)13-17-11-25-30-14-17)20(19)27-21(28-22)18-5-3-9-24-12-18/h3,5,9,11-12,14,16H,4,6-8,10,13,15H2,1-2H3,(H,26,27,28). The van der Waals surface area contributed by atoms with E-state index in [1.54, 1.807) is 6.20 Å². The molecule has 0 radical (unpaired) electrons. The fourth-order valence-corrected chi connectivity index (χ4v) is 5.51. The van der Waals surface area contributed by atoms with E-state index in [0.717, 1.165) is 49.7 Å². The van der Waals surface area contributed by atoms with Crippen molar-refractivity contribution in [3.05, 3.63) is 52.9 Å². The number of hydrogen-bond acceptors (Lipinski definition) is 7. The van der Waals surface area contributed by atoms with Gasteiger partial charge in [0.05, 0.1) is 5.69 Å². The van der Waals surface area contributed by atoms with Crippen molar-refractivity contribution in [3.8, 4) is 11.4 Å². The summed E-state index contributed by atoms with van der Waals surface area (Å²) in [5.41, 5.74) is 4.98. The van der Waals surface area contributed by atoms with E-state index in [9.17, 15) is 0 Å². The SMILES string of the molecule is CC(C)Nc1nc(-c2cccnc2)nc2c1CCC21CCCN(Cc2cnsc2)C1. The lowest BCUT2D eigenvalue weighted by molar-refractivity contribution is 0.137. The Balaban J connectivity index is 1.53. The Kier molecular flexibility index (Phi) is 5.25. The summed E-state index contributed by atoms with van der Waals surface area (Å²) in [5.74, 6) is 1.79. The molecule has 7 heteroatoms. The number of likely N-dealkylation sites (tertiary alicyclic amines) is 1. The van der Waals surface area contributed by atoms with Gasteiger partial charge in [-0.15, -0.1) is 0 Å². The van der Waals surface area contributed by atoms with E-state index in [-0.39, 0.29) is 5.41 Å². The van der Waals surface area contributed by atoms with Gasteiger partial charge >= 0.3 is 0 Å². The second-order valence-electron chi connectivity index (χ2n) is 8.89. The fourth-order valence-electron chi connectivity index (χ4n) is 4.98. The molecule has 0 saturated carbocycles. The zero-order valence-corrected chi connectivity index (χ0v) is 18.5. The summed E-state index contributed by atoms with van der Waals surface area (Å²) in [6.07, 6.45) is 10.3. The number of anilines is 1. The lowest BCUT2D eigenvalue weighted by atomic mass is 9.77. The molecule has 0 aromatic carbocycles. The van der Waals surface area contributed by atoms with Crippen LogP contribution in [0.1, 0.15) is 49.9 Å². The third-order valence-electron chi connectivity index (χ3n) is 6.25. The highest BCUT2D eigenvalue weighted by Crippen LogP contribution is 2.46. The maximum atomic E-state index is 5.17. The van der Waals surface area contributed by atoms with Crippen LogP contribution in [0.2, 0.25) is 0 Å². The van der Waals surface area contributed by atoms with E-state index < -0.39 is 0 Å². The molecule has 3 aromatic heterocycles. The van der Waals surface area contributed by atoms with Crippen molar-refractivity contribution in [2.24, 2.45) is 0 Å². The van der Waals surface area contributed by atoms with Gasteiger partial charge in [0.15, 0.2) is 5.82 Å². The van der Waals surface area contributed by atoms with Gasteiger partial charge in [-0.3, -0.25) is 9.88 Å². The Hall–Kier alpha value is -2.38. The summed E-state index contributed by atoms with van der Waals surface area (Å²) in [4.78, 5) is 17.0. The molecule has 1 spiro atoms. The van der Waals surface area contributed by atoms with Crippen molar-refractivity contribution in [1.82, 2.24) is 24.2 Å². The first-order chi connectivity index (χ1) is 14.6. The van der Waals surface area contributed by atoms with Gasteiger partial charge in [0.2, 0.25) is 0 Å². The molecule has 156 valence electrons. The van der Waals surface area contributed by atoms with Gasteiger partial charge in [0.1, 0.15) is 5.82 Å². The molecule has 2 aliphatic rings. The van der Waals surface area contributed by atoms with Crippen molar-refractivity contribution in [2.75, 3.05) is 18.4 Å². The van der Waals surface area contributed by atoms with Crippen LogP contribution in [-0.2, 0) is 18.4 Å². The van der Waals surface area contributed by atoms with Gasteiger partial charge in [0, 0.05) is 59.6 Å². The number of aromatic nitrogens is 4. The van der Waals surface area contributed by atoms with Gasteiger partial charge in [0.25, 0.3) is 0 Å². The first kappa shape index (κ1) is 19.6. The zero-order valence-electron chi connectivity index (χ0n) is 17.6. The molecule has 1 aliphatic carbocycles. The van der Waals surface area contributed by atoms with Crippen LogP contribution in [0, 0.1) is 0 Å². The molecule has 30 heavy (non-hydrogen) atoms. The van der Waals surface area contributed by atoms with E-state index in [4.69, 9.17) is 9.97 Å². The van der Waals surface area contributed by atoms with Crippen molar-refractivity contribution in [2.45, 2.75) is 57.5 Å². The van der Waals surface area contributed by atoms with Crippen LogP contribution in [0.3, 0.4) is 0 Å². The van der Waals surface area contributed by atoms with Crippen LogP contribution < -0.4 is 5.32 Å². The number of nitrogens with one attached hydrogen (secondary N) is 1. The van der Waals surface area contributed by atoms with E-state index in [0.29, 0.717) is 6.04 Å². The lowest BCUT2D eigenvalue weighted by Crippen LogP contribution is -2.45. The van der Waals surface area contributed by atoms with Gasteiger partial charge in [-0.05, 0) is 75.3 Å². The minimum Gasteiger partial charge on any atom is -0.368 e. The molecule has 1 N–H and O–H groups in total. The Labute approximate surface area is 182 Å². The smallest absolute Gasteiger partial charge is 0.163 e. The van der Waals surface area contributed by atoms with Crippen LogP contribution >= 0.6 is 11.5 Å². The minimum absolute atomic E-state index is 0.115. The minimum atomic E-state index is 0.115. The molecular weight excluding hydrogens is 392 g/mol. The molecule has 4 heterocycles. The molecule has 6 nitrogen and oxygen atoms in total. The van der Waals surface area contributed by atoms with Crippen LogP contribution in [0.4, 0.5) is 5.82 Å². The normalized spacial score (nSPS) is 21.3. The van der Waals surface area contributed by atoms with Crippen LogP contribution in [-0.4, -0.2) is 43.4 Å². The van der Waals surface area contributed by atoms with Crippen LogP contribution in [0.5, 0.6) is 0 Å². The molecule has 1 aliphatic heterocycles. The Morgan fingerprint density at radius 3 is 2.93 bits per heavy atom. The molecule has 0 amide bonds. The number of piperidine rings is 1. The Morgan fingerprint density at radius 2 is 2.17 bits per heavy atom. The maximum absolute atomic E-state index is 5.17. The second kappa shape index (κ2) is 8.04. The summed E-state index contributed by atoms with van der Waals surface area (Å²) in [5, 5.41) is 5.76. The molecule has 5 rings (SSSR count). The van der Waals surface area contributed by atoms with Crippen molar-refractivity contribution in [1.29, 1.82) is 0 Å².